The van der Waals surface area contributed by atoms with Gasteiger partial charge >= 0.3 is 0 Å². The molecule has 2 rings (SSSR count). The van der Waals surface area contributed by atoms with Crippen molar-refractivity contribution in [1.82, 2.24) is 0 Å². The van der Waals surface area contributed by atoms with Gasteiger partial charge in [0, 0.05) is 18.7 Å². The van der Waals surface area contributed by atoms with E-state index in [2.05, 4.69) is 32.1 Å². The van der Waals surface area contributed by atoms with Crippen molar-refractivity contribution in [2.45, 2.75) is 32.6 Å². The second-order valence-electron chi connectivity index (χ2n) is 4.97. The molecule has 21 heavy (non-hydrogen) atoms. The molecular formula is C15H24NO3PS. The fourth-order valence-electron chi connectivity index (χ4n) is 2.42. The van der Waals surface area contributed by atoms with Crippen molar-refractivity contribution in [3.63, 3.8) is 0 Å². The minimum absolute atomic E-state index is 0.00926. The molecule has 1 aromatic carbocycles. The van der Waals surface area contributed by atoms with Gasteiger partial charge in [-0.3, -0.25) is 0 Å². The first-order valence-electron chi connectivity index (χ1n) is 7.32. The van der Waals surface area contributed by atoms with Gasteiger partial charge < -0.3 is 5.11 Å². The highest BCUT2D eigenvalue weighted by Gasteiger charge is 2.27. The van der Waals surface area contributed by atoms with Crippen molar-refractivity contribution in [2.24, 2.45) is 4.40 Å². The van der Waals surface area contributed by atoms with Gasteiger partial charge in [-0.15, -0.1) is 0 Å². The normalized spacial score (nSPS) is 15.7. The topological polar surface area (TPSA) is 69.6 Å². The zero-order chi connectivity index (χ0) is 16.1. The summed E-state index contributed by atoms with van der Waals surface area (Å²) in [5, 5.41) is 10.9. The number of nitrogens with zero attached hydrogens (tertiary/aromatic N) is 1. The maximum Gasteiger partial charge on any atom is 0.282 e. The summed E-state index contributed by atoms with van der Waals surface area (Å²) >= 11 is 0. The van der Waals surface area contributed by atoms with Crippen molar-refractivity contribution in [1.29, 1.82) is 0 Å². The van der Waals surface area contributed by atoms with E-state index in [1.165, 1.54) is 36.8 Å². The first-order chi connectivity index (χ1) is 9.85. The number of benzene rings is 1. The summed E-state index contributed by atoms with van der Waals surface area (Å²) in [6.07, 6.45) is 5.82. The van der Waals surface area contributed by atoms with Crippen molar-refractivity contribution in [2.75, 3.05) is 24.6 Å². The van der Waals surface area contributed by atoms with E-state index in [0.29, 0.717) is 0 Å². The third-order valence-electron chi connectivity index (χ3n) is 4.28. The van der Waals surface area contributed by atoms with Crippen LogP contribution in [-0.2, 0) is 10.0 Å². The highest BCUT2D eigenvalue weighted by atomic mass is 32.2. The van der Waals surface area contributed by atoms with Gasteiger partial charge in [0.05, 0.1) is 29.5 Å². The summed E-state index contributed by atoms with van der Waals surface area (Å²) in [6.45, 7) is 9.41. The first kappa shape index (κ1) is 18.1. The third kappa shape index (κ3) is 4.04. The minimum Gasteiger partial charge on any atom is -0.858 e. The fraction of sp³-hybridized carbons (Fsp3) is 0.533. The molecule has 0 fully saturated rings. The molecule has 4 nitrogen and oxygen atoms in total. The summed E-state index contributed by atoms with van der Waals surface area (Å²) in [6, 6.07) is 5.99. The average Bonchev–Trinajstić information content (AvgIpc) is 2.73. The predicted octanol–water partition coefficient (Wildman–Crippen LogP) is 2.58. The Morgan fingerprint density at radius 2 is 1.48 bits per heavy atom. The molecular weight excluding hydrogens is 305 g/mol. The van der Waals surface area contributed by atoms with Crippen LogP contribution in [0.4, 0.5) is 0 Å². The van der Waals surface area contributed by atoms with Crippen LogP contribution in [0.2, 0.25) is 0 Å². The quantitative estimate of drug-likeness (QED) is 0.797. The summed E-state index contributed by atoms with van der Waals surface area (Å²) < 4.78 is 25.2. The molecule has 0 aliphatic carbocycles. The number of sulfonamides is 1. The molecule has 6 heteroatoms. The molecule has 0 saturated carbocycles. The second-order valence-corrected chi connectivity index (χ2v) is 11.8. The summed E-state index contributed by atoms with van der Waals surface area (Å²) in [5.74, 6) is -0.675. The van der Waals surface area contributed by atoms with E-state index in [4.69, 9.17) is 0 Å². The van der Waals surface area contributed by atoms with E-state index < -0.39 is 23.2 Å². The van der Waals surface area contributed by atoms with E-state index in [1.807, 2.05) is 0 Å². The van der Waals surface area contributed by atoms with E-state index >= 15 is 0 Å². The SMILES string of the molecule is CC[P+](CC)(CC)CC.O=S1(=O)N=C([O-])c2ccccc21. The minimum atomic E-state index is -3.68. The Hall–Kier alpha value is -0.930. The van der Waals surface area contributed by atoms with Crippen LogP contribution in [0.3, 0.4) is 0 Å². The van der Waals surface area contributed by atoms with Gasteiger partial charge in [0.15, 0.2) is 0 Å². The Labute approximate surface area is 128 Å². The van der Waals surface area contributed by atoms with E-state index in [1.54, 1.807) is 12.1 Å². The number of rotatable bonds is 4. The standard InChI is InChI=1S/C8H20P.C7H5NO3S/c1-5-9(6-2,7-3)8-4;9-7-5-3-1-2-4-6(5)12(10,11)8-7/h5-8H2,1-4H3;1-4H,(H,8,9)/q+1;/p-1. The number of fused-ring (bicyclic) bond motifs is 1. The monoisotopic (exact) mass is 329 g/mol. The molecule has 0 spiro atoms. The Kier molecular flexibility index (Phi) is 6.36. The van der Waals surface area contributed by atoms with E-state index in [-0.39, 0.29) is 10.5 Å². The molecule has 0 bridgehead atoms. The zero-order valence-electron chi connectivity index (χ0n) is 13.2. The zero-order valence-corrected chi connectivity index (χ0v) is 14.9. The molecule has 0 saturated heterocycles. The van der Waals surface area contributed by atoms with Crippen LogP contribution in [0.15, 0.2) is 33.6 Å². The molecule has 118 valence electrons. The van der Waals surface area contributed by atoms with Gasteiger partial charge in [0.2, 0.25) is 0 Å². The molecule has 0 aromatic heterocycles. The molecule has 0 unspecified atom stereocenters. The Morgan fingerprint density at radius 1 is 1.00 bits per heavy atom. The van der Waals surface area contributed by atoms with Crippen LogP contribution in [-0.4, -0.2) is 39.0 Å². The van der Waals surface area contributed by atoms with Crippen LogP contribution >= 0.6 is 7.26 Å². The van der Waals surface area contributed by atoms with Gasteiger partial charge in [0.25, 0.3) is 10.0 Å². The van der Waals surface area contributed by atoms with Gasteiger partial charge in [0.1, 0.15) is 0 Å². The molecule has 1 aromatic rings. The Morgan fingerprint density at radius 3 is 1.86 bits per heavy atom. The van der Waals surface area contributed by atoms with E-state index in [0.717, 1.165) is 0 Å². The Balaban J connectivity index is 0.000000222. The highest BCUT2D eigenvalue weighted by molar-refractivity contribution is 7.90. The molecule has 0 radical (unpaired) electrons. The summed E-state index contributed by atoms with van der Waals surface area (Å²) in [4.78, 5) is 0.00926. The van der Waals surface area contributed by atoms with Crippen LogP contribution in [0.5, 0.6) is 0 Å². The first-order valence-corrected chi connectivity index (χ1v) is 11.3. The van der Waals surface area contributed by atoms with Crippen molar-refractivity contribution in [3.05, 3.63) is 29.8 Å². The lowest BCUT2D eigenvalue weighted by atomic mass is 10.2. The second kappa shape index (κ2) is 7.37. The summed E-state index contributed by atoms with van der Waals surface area (Å²) in [7, 11) is -4.10. The maximum atomic E-state index is 11.1. The van der Waals surface area contributed by atoms with Gasteiger partial charge in [-0.05, 0) is 33.8 Å². The molecule has 0 atom stereocenters. The largest absolute Gasteiger partial charge is 0.858 e. The van der Waals surface area contributed by atoms with Crippen LogP contribution in [0.25, 0.3) is 0 Å². The number of hydrogen-bond donors (Lipinski definition) is 0. The smallest absolute Gasteiger partial charge is 0.282 e. The molecule has 1 aliphatic heterocycles. The highest BCUT2D eigenvalue weighted by Crippen LogP contribution is 2.57. The van der Waals surface area contributed by atoms with Crippen LogP contribution in [0.1, 0.15) is 33.3 Å². The fourth-order valence-corrected chi connectivity index (χ4v) is 6.20. The summed E-state index contributed by atoms with van der Waals surface area (Å²) in [5.41, 5.74) is 0.164. The van der Waals surface area contributed by atoms with Crippen molar-refractivity contribution in [3.8, 4) is 0 Å². The van der Waals surface area contributed by atoms with Crippen molar-refractivity contribution < 1.29 is 13.5 Å². The van der Waals surface area contributed by atoms with Gasteiger partial charge in [-0.25, -0.2) is 0 Å². The Bertz CT molecular complexity index is 590. The molecule has 1 aliphatic rings. The predicted molar refractivity (Wildman–Crippen MR) is 89.2 cm³/mol. The maximum absolute atomic E-state index is 11.1. The van der Waals surface area contributed by atoms with Crippen molar-refractivity contribution >= 4 is 23.2 Å². The lowest BCUT2D eigenvalue weighted by Gasteiger charge is -2.20. The van der Waals surface area contributed by atoms with Crippen LogP contribution in [0, 0.1) is 0 Å². The molecule has 1 heterocycles. The molecule has 0 N–H and O–H groups in total. The van der Waals surface area contributed by atoms with Gasteiger partial charge in [-0.2, -0.15) is 12.8 Å². The average molecular weight is 329 g/mol. The third-order valence-corrected chi connectivity index (χ3v) is 11.0. The lowest BCUT2D eigenvalue weighted by Crippen LogP contribution is -2.15. The van der Waals surface area contributed by atoms with Gasteiger partial charge in [-0.1, -0.05) is 18.2 Å². The van der Waals surface area contributed by atoms with Crippen LogP contribution < -0.4 is 5.11 Å². The lowest BCUT2D eigenvalue weighted by molar-refractivity contribution is -0.212. The molecule has 0 amide bonds. The number of hydrogen-bond acceptors (Lipinski definition) is 3. The van der Waals surface area contributed by atoms with E-state index in [9.17, 15) is 13.5 Å².